The van der Waals surface area contributed by atoms with Gasteiger partial charge >= 0.3 is 0 Å². The summed E-state index contributed by atoms with van der Waals surface area (Å²) in [6.45, 7) is 4.94. The first-order chi connectivity index (χ1) is 12.0. The number of carbonyl (C=O) groups is 1. The zero-order valence-electron chi connectivity index (χ0n) is 15.0. The predicted molar refractivity (Wildman–Crippen MR) is 104 cm³/mol. The summed E-state index contributed by atoms with van der Waals surface area (Å²) in [5, 5.41) is 6.93. The zero-order valence-corrected chi connectivity index (χ0v) is 15.0. The van der Waals surface area contributed by atoms with Crippen molar-refractivity contribution in [2.24, 2.45) is 5.16 Å². The topological polar surface area (TPSA) is 50.7 Å². The highest BCUT2D eigenvalue weighted by Crippen LogP contribution is 2.16. The number of nitrogens with one attached hydrogen (secondary N) is 1. The van der Waals surface area contributed by atoms with Crippen LogP contribution in [0.15, 0.2) is 35.0 Å². The van der Waals surface area contributed by atoms with E-state index in [0.717, 1.165) is 31.2 Å². The van der Waals surface area contributed by atoms with Gasteiger partial charge in [-0.15, -0.1) is 0 Å². The second-order valence-electron chi connectivity index (χ2n) is 6.27. The molecule has 6 heteroatoms. The Morgan fingerprint density at radius 2 is 2.04 bits per heavy atom. The van der Waals surface area contributed by atoms with Crippen molar-refractivity contribution in [2.75, 3.05) is 6.54 Å². The van der Waals surface area contributed by atoms with Crippen molar-refractivity contribution in [3.8, 4) is 0 Å². The summed E-state index contributed by atoms with van der Waals surface area (Å²) >= 11 is 0. The van der Waals surface area contributed by atoms with Gasteiger partial charge in [-0.3, -0.25) is 4.79 Å². The maximum absolute atomic E-state index is 12.2. The number of hydrogen-bond donors (Lipinski definition) is 1. The molecule has 0 spiro atoms. The van der Waals surface area contributed by atoms with Crippen LogP contribution in [-0.4, -0.2) is 40.0 Å². The Hall–Kier alpha value is -1.97. The van der Waals surface area contributed by atoms with E-state index >= 15 is 0 Å². The highest BCUT2D eigenvalue weighted by atomic mass is 16.6. The van der Waals surface area contributed by atoms with Crippen LogP contribution in [0.3, 0.4) is 0 Å². The van der Waals surface area contributed by atoms with Gasteiger partial charge in [0.2, 0.25) is 6.10 Å². The second kappa shape index (κ2) is 9.50. The number of benzene rings is 1. The van der Waals surface area contributed by atoms with Crippen LogP contribution in [0.4, 0.5) is 0 Å². The Balaban J connectivity index is 1.81. The Kier molecular flexibility index (Phi) is 7.35. The molecule has 0 aromatic heterocycles. The molecule has 1 atom stereocenters. The lowest BCUT2D eigenvalue weighted by Crippen LogP contribution is -2.35. The first kappa shape index (κ1) is 19.4. The predicted octanol–water partition coefficient (Wildman–Crippen LogP) is 1.41. The van der Waals surface area contributed by atoms with E-state index in [1.54, 1.807) is 18.2 Å². The third-order valence-electron chi connectivity index (χ3n) is 4.17. The summed E-state index contributed by atoms with van der Waals surface area (Å²) in [5.74, 6) is -0.141. The summed E-state index contributed by atoms with van der Waals surface area (Å²) < 4.78 is 0. The molecule has 1 N–H and O–H groups in total. The number of carbonyl (C=O) groups excluding carboxylic acids is 1. The van der Waals surface area contributed by atoms with E-state index in [0.29, 0.717) is 29.6 Å². The monoisotopic (exact) mass is 334 g/mol. The Labute approximate surface area is 152 Å². The number of nitrogens with zero attached hydrogens (tertiary/aromatic N) is 1. The molecule has 0 aliphatic carbocycles. The van der Waals surface area contributed by atoms with Gasteiger partial charge in [0.1, 0.15) is 15.7 Å². The van der Waals surface area contributed by atoms with Crippen LogP contribution in [0.25, 0.3) is 0 Å². The molecule has 1 aromatic carbocycles. The van der Waals surface area contributed by atoms with E-state index in [9.17, 15) is 4.79 Å². The Bertz CT molecular complexity index is 651. The molecule has 1 aromatic rings. The van der Waals surface area contributed by atoms with Crippen LogP contribution >= 0.6 is 0 Å². The lowest BCUT2D eigenvalue weighted by atomic mass is 9.84. The van der Waals surface area contributed by atoms with Crippen molar-refractivity contribution in [1.29, 1.82) is 0 Å². The van der Waals surface area contributed by atoms with Crippen LogP contribution < -0.4 is 16.2 Å². The molecule has 1 aliphatic heterocycles. The average molecular weight is 334 g/mol. The third-order valence-corrected chi connectivity index (χ3v) is 4.17. The summed E-state index contributed by atoms with van der Waals surface area (Å²) in [6, 6.07) is 5.24. The number of rotatable bonds is 8. The molecule has 25 heavy (non-hydrogen) atoms. The summed E-state index contributed by atoms with van der Waals surface area (Å²) in [6.07, 6.45) is 6.21. The molecule has 0 bridgehead atoms. The van der Waals surface area contributed by atoms with Crippen molar-refractivity contribution in [2.45, 2.75) is 52.1 Å². The molecular weight excluding hydrogens is 310 g/mol. The van der Waals surface area contributed by atoms with Crippen molar-refractivity contribution in [3.63, 3.8) is 0 Å². The lowest BCUT2D eigenvalue weighted by Gasteiger charge is -2.09. The van der Waals surface area contributed by atoms with Crippen molar-refractivity contribution in [3.05, 3.63) is 35.4 Å². The number of hydrogen-bond acceptors (Lipinski definition) is 3. The highest BCUT2D eigenvalue weighted by Gasteiger charge is 2.28. The third kappa shape index (κ3) is 5.80. The van der Waals surface area contributed by atoms with Gasteiger partial charge < -0.3 is 10.2 Å². The summed E-state index contributed by atoms with van der Waals surface area (Å²) in [4.78, 5) is 17.5. The zero-order chi connectivity index (χ0) is 18.2. The molecule has 1 heterocycles. The largest absolute Gasteiger partial charge is 0.382 e. The van der Waals surface area contributed by atoms with Gasteiger partial charge in [-0.2, -0.15) is 0 Å². The normalized spacial score (nSPS) is 17.1. The Morgan fingerprint density at radius 3 is 2.68 bits per heavy atom. The van der Waals surface area contributed by atoms with Crippen molar-refractivity contribution >= 4 is 38.2 Å². The van der Waals surface area contributed by atoms with Crippen molar-refractivity contribution in [1.82, 2.24) is 5.32 Å². The molecule has 1 aliphatic rings. The SMILES string of the molecule is [B]c1cc([B])cc(C2=NOC(C(=O)NCC/C=C(\CC)CCC)C2)c1. The molecule has 1 amide bonds. The van der Waals surface area contributed by atoms with E-state index in [2.05, 4.69) is 30.4 Å². The molecule has 128 valence electrons. The molecule has 0 fully saturated rings. The van der Waals surface area contributed by atoms with E-state index in [1.165, 1.54) is 5.57 Å². The molecule has 2 rings (SSSR count). The quantitative estimate of drug-likeness (QED) is 0.444. The van der Waals surface area contributed by atoms with Gasteiger partial charge in [0.25, 0.3) is 5.91 Å². The van der Waals surface area contributed by atoms with Crippen LogP contribution in [0.2, 0.25) is 0 Å². The summed E-state index contributed by atoms with van der Waals surface area (Å²) in [5.41, 5.74) is 4.06. The fourth-order valence-corrected chi connectivity index (χ4v) is 2.86. The summed E-state index contributed by atoms with van der Waals surface area (Å²) in [7, 11) is 11.6. The minimum Gasteiger partial charge on any atom is -0.382 e. The fourth-order valence-electron chi connectivity index (χ4n) is 2.86. The second-order valence-corrected chi connectivity index (χ2v) is 6.27. The average Bonchev–Trinajstić information content (AvgIpc) is 3.06. The lowest BCUT2D eigenvalue weighted by molar-refractivity contribution is -0.131. The molecule has 4 nitrogen and oxygen atoms in total. The molecule has 0 saturated carbocycles. The first-order valence-corrected chi connectivity index (χ1v) is 8.88. The maximum atomic E-state index is 12.2. The standard InChI is InChI=1S/C19H24B2N2O2/c1-3-6-13(4-2)7-5-8-22-19(24)18-12-17(23-25-18)14-9-15(20)11-16(21)10-14/h7,9-11,18H,3-6,8,12H2,1-2H3,(H,22,24)/b13-7+. The van der Waals surface area contributed by atoms with E-state index < -0.39 is 6.10 Å². The Morgan fingerprint density at radius 1 is 1.32 bits per heavy atom. The maximum Gasteiger partial charge on any atom is 0.264 e. The van der Waals surface area contributed by atoms with E-state index in [-0.39, 0.29) is 5.91 Å². The first-order valence-electron chi connectivity index (χ1n) is 8.88. The van der Waals surface area contributed by atoms with Gasteiger partial charge in [-0.1, -0.05) is 66.2 Å². The van der Waals surface area contributed by atoms with Gasteiger partial charge in [0.15, 0.2) is 0 Å². The van der Waals surface area contributed by atoms with Crippen molar-refractivity contribution < 1.29 is 9.63 Å². The number of allylic oxidation sites excluding steroid dienone is 1. The fraction of sp³-hybridized carbons (Fsp3) is 0.474. The van der Waals surface area contributed by atoms with E-state index in [4.69, 9.17) is 20.5 Å². The van der Waals surface area contributed by atoms with E-state index in [1.807, 2.05) is 0 Å². The van der Waals surface area contributed by atoms with Crippen LogP contribution in [-0.2, 0) is 9.63 Å². The molecule has 1 unspecified atom stereocenters. The van der Waals surface area contributed by atoms with Crippen LogP contribution in [0.5, 0.6) is 0 Å². The van der Waals surface area contributed by atoms with Gasteiger partial charge in [-0.25, -0.2) is 0 Å². The highest BCUT2D eigenvalue weighted by molar-refractivity contribution is 6.38. The van der Waals surface area contributed by atoms with Gasteiger partial charge in [0.05, 0.1) is 5.71 Å². The smallest absolute Gasteiger partial charge is 0.264 e. The van der Waals surface area contributed by atoms with Crippen LogP contribution in [0, 0.1) is 0 Å². The number of oxime groups is 1. The molecule has 0 saturated heterocycles. The van der Waals surface area contributed by atoms with Gasteiger partial charge in [0, 0.05) is 13.0 Å². The minimum atomic E-state index is -0.595. The van der Waals surface area contributed by atoms with Crippen LogP contribution in [0.1, 0.15) is 51.5 Å². The number of amides is 1. The van der Waals surface area contributed by atoms with Gasteiger partial charge in [-0.05, 0) is 24.8 Å². The molecular formula is C19H24B2N2O2. The minimum absolute atomic E-state index is 0.141. The molecule has 4 radical (unpaired) electrons.